The summed E-state index contributed by atoms with van der Waals surface area (Å²) in [5, 5.41) is 4.22. The van der Waals surface area contributed by atoms with Gasteiger partial charge in [-0.05, 0) is 31.7 Å². The molecule has 0 aromatic carbocycles. The van der Waals surface area contributed by atoms with E-state index in [2.05, 4.69) is 15.0 Å². The number of piperidine rings is 1. The van der Waals surface area contributed by atoms with Crippen molar-refractivity contribution in [1.82, 2.24) is 19.7 Å². The molecule has 0 aliphatic carbocycles. The SMILES string of the molecule is Cc1cnc(N2CCCCC2)nc1-c1cnn(C)c1. The molecule has 5 heteroatoms. The first-order valence-corrected chi connectivity index (χ1v) is 6.81. The Morgan fingerprint density at radius 1 is 1.11 bits per heavy atom. The van der Waals surface area contributed by atoms with Gasteiger partial charge in [0.25, 0.3) is 0 Å². The predicted molar refractivity (Wildman–Crippen MR) is 75.0 cm³/mol. The smallest absolute Gasteiger partial charge is 0.225 e. The maximum absolute atomic E-state index is 4.74. The summed E-state index contributed by atoms with van der Waals surface area (Å²) in [6, 6.07) is 0. The third kappa shape index (κ3) is 2.45. The molecule has 2 aromatic rings. The Labute approximate surface area is 113 Å². The molecule has 3 heterocycles. The molecule has 0 saturated carbocycles. The van der Waals surface area contributed by atoms with E-state index in [1.807, 2.05) is 32.6 Å². The zero-order chi connectivity index (χ0) is 13.2. The van der Waals surface area contributed by atoms with Gasteiger partial charge in [-0.3, -0.25) is 4.68 Å². The molecule has 0 N–H and O–H groups in total. The van der Waals surface area contributed by atoms with Crippen LogP contribution < -0.4 is 4.90 Å². The summed E-state index contributed by atoms with van der Waals surface area (Å²) in [6.07, 6.45) is 9.56. The van der Waals surface area contributed by atoms with Gasteiger partial charge in [0, 0.05) is 38.1 Å². The van der Waals surface area contributed by atoms with Gasteiger partial charge in [-0.2, -0.15) is 5.10 Å². The van der Waals surface area contributed by atoms with E-state index in [0.717, 1.165) is 35.9 Å². The number of anilines is 1. The van der Waals surface area contributed by atoms with Crippen LogP contribution in [-0.2, 0) is 7.05 Å². The van der Waals surface area contributed by atoms with Crippen LogP contribution in [0.1, 0.15) is 24.8 Å². The lowest BCUT2D eigenvalue weighted by Crippen LogP contribution is -2.31. The van der Waals surface area contributed by atoms with E-state index in [0.29, 0.717) is 0 Å². The van der Waals surface area contributed by atoms with Crippen LogP contribution in [0.15, 0.2) is 18.6 Å². The minimum atomic E-state index is 0.851. The molecule has 0 bridgehead atoms. The molecule has 0 atom stereocenters. The second-order valence-electron chi connectivity index (χ2n) is 5.15. The van der Waals surface area contributed by atoms with E-state index >= 15 is 0 Å². The minimum Gasteiger partial charge on any atom is -0.341 e. The molecule has 1 fully saturated rings. The van der Waals surface area contributed by atoms with E-state index in [4.69, 9.17) is 4.98 Å². The molecule has 1 aliphatic heterocycles. The van der Waals surface area contributed by atoms with Gasteiger partial charge in [0.1, 0.15) is 0 Å². The van der Waals surface area contributed by atoms with Gasteiger partial charge >= 0.3 is 0 Å². The second kappa shape index (κ2) is 4.99. The highest BCUT2D eigenvalue weighted by Gasteiger charge is 2.15. The van der Waals surface area contributed by atoms with Gasteiger partial charge in [0.2, 0.25) is 5.95 Å². The first-order valence-electron chi connectivity index (χ1n) is 6.81. The van der Waals surface area contributed by atoms with E-state index in [1.54, 1.807) is 4.68 Å². The monoisotopic (exact) mass is 257 g/mol. The van der Waals surface area contributed by atoms with Gasteiger partial charge in [0.15, 0.2) is 0 Å². The quantitative estimate of drug-likeness (QED) is 0.827. The highest BCUT2D eigenvalue weighted by atomic mass is 15.3. The average molecular weight is 257 g/mol. The van der Waals surface area contributed by atoms with Crippen molar-refractivity contribution < 1.29 is 0 Å². The van der Waals surface area contributed by atoms with Crippen molar-refractivity contribution in [1.29, 1.82) is 0 Å². The molecule has 0 radical (unpaired) electrons. The fraction of sp³-hybridized carbons (Fsp3) is 0.500. The zero-order valence-corrected chi connectivity index (χ0v) is 11.5. The molecule has 3 rings (SSSR count). The largest absolute Gasteiger partial charge is 0.341 e. The molecule has 2 aromatic heterocycles. The summed E-state index contributed by atoms with van der Waals surface area (Å²) in [7, 11) is 1.92. The Bertz CT molecular complexity index is 569. The number of aromatic nitrogens is 4. The fourth-order valence-corrected chi connectivity index (χ4v) is 2.51. The highest BCUT2D eigenvalue weighted by Crippen LogP contribution is 2.23. The van der Waals surface area contributed by atoms with Crippen LogP contribution in [0, 0.1) is 6.92 Å². The minimum absolute atomic E-state index is 0.851. The first-order chi connectivity index (χ1) is 9.24. The summed E-state index contributed by atoms with van der Waals surface area (Å²) >= 11 is 0. The molecule has 0 unspecified atom stereocenters. The molecule has 1 saturated heterocycles. The van der Waals surface area contributed by atoms with Gasteiger partial charge in [-0.25, -0.2) is 9.97 Å². The Morgan fingerprint density at radius 3 is 2.58 bits per heavy atom. The van der Waals surface area contributed by atoms with Crippen LogP contribution in [0.4, 0.5) is 5.95 Å². The summed E-state index contributed by atoms with van der Waals surface area (Å²) in [5.74, 6) is 0.851. The summed E-state index contributed by atoms with van der Waals surface area (Å²) in [6.45, 7) is 4.17. The molecule has 0 amide bonds. The molecule has 1 aliphatic rings. The Morgan fingerprint density at radius 2 is 1.89 bits per heavy atom. The molecule has 19 heavy (non-hydrogen) atoms. The maximum atomic E-state index is 4.74. The van der Waals surface area contributed by atoms with Crippen LogP contribution in [-0.4, -0.2) is 32.8 Å². The topological polar surface area (TPSA) is 46.8 Å². The van der Waals surface area contributed by atoms with Crippen molar-refractivity contribution in [2.24, 2.45) is 7.05 Å². The van der Waals surface area contributed by atoms with Crippen molar-refractivity contribution >= 4 is 5.95 Å². The Kier molecular flexibility index (Phi) is 3.19. The van der Waals surface area contributed by atoms with Crippen LogP contribution in [0.2, 0.25) is 0 Å². The number of hydrogen-bond donors (Lipinski definition) is 0. The van der Waals surface area contributed by atoms with Crippen LogP contribution in [0.3, 0.4) is 0 Å². The number of rotatable bonds is 2. The second-order valence-corrected chi connectivity index (χ2v) is 5.15. The Hall–Kier alpha value is -1.91. The summed E-state index contributed by atoms with van der Waals surface area (Å²) in [5.41, 5.74) is 3.14. The highest BCUT2D eigenvalue weighted by molar-refractivity contribution is 5.62. The van der Waals surface area contributed by atoms with Gasteiger partial charge in [0.05, 0.1) is 11.9 Å². The molecule has 100 valence electrons. The maximum Gasteiger partial charge on any atom is 0.225 e. The third-order valence-corrected chi connectivity index (χ3v) is 3.58. The van der Waals surface area contributed by atoms with E-state index < -0.39 is 0 Å². The normalized spacial score (nSPS) is 15.8. The average Bonchev–Trinajstić information content (AvgIpc) is 2.87. The van der Waals surface area contributed by atoms with E-state index in [-0.39, 0.29) is 0 Å². The first kappa shape index (κ1) is 12.1. The summed E-state index contributed by atoms with van der Waals surface area (Å²) in [4.78, 5) is 11.5. The van der Waals surface area contributed by atoms with Crippen molar-refractivity contribution in [2.45, 2.75) is 26.2 Å². The zero-order valence-electron chi connectivity index (χ0n) is 11.5. The number of nitrogens with zero attached hydrogens (tertiary/aromatic N) is 5. The molecular formula is C14H19N5. The van der Waals surface area contributed by atoms with Gasteiger partial charge < -0.3 is 4.90 Å². The summed E-state index contributed by atoms with van der Waals surface area (Å²) < 4.78 is 1.80. The van der Waals surface area contributed by atoms with E-state index in [1.165, 1.54) is 19.3 Å². The lowest BCUT2D eigenvalue weighted by atomic mass is 10.1. The third-order valence-electron chi connectivity index (χ3n) is 3.58. The lowest BCUT2D eigenvalue weighted by molar-refractivity contribution is 0.568. The number of hydrogen-bond acceptors (Lipinski definition) is 4. The van der Waals surface area contributed by atoms with Crippen molar-refractivity contribution in [3.63, 3.8) is 0 Å². The van der Waals surface area contributed by atoms with Gasteiger partial charge in [-0.1, -0.05) is 0 Å². The van der Waals surface area contributed by atoms with Crippen LogP contribution in [0.25, 0.3) is 11.3 Å². The van der Waals surface area contributed by atoms with Crippen molar-refractivity contribution in [2.75, 3.05) is 18.0 Å². The predicted octanol–water partition coefficient (Wildman–Crippen LogP) is 2.18. The van der Waals surface area contributed by atoms with Crippen molar-refractivity contribution in [3.8, 4) is 11.3 Å². The Balaban J connectivity index is 1.95. The van der Waals surface area contributed by atoms with Gasteiger partial charge in [-0.15, -0.1) is 0 Å². The molecule has 5 nitrogen and oxygen atoms in total. The van der Waals surface area contributed by atoms with E-state index in [9.17, 15) is 0 Å². The van der Waals surface area contributed by atoms with Crippen molar-refractivity contribution in [3.05, 3.63) is 24.2 Å². The van der Waals surface area contributed by atoms with Crippen LogP contribution in [0.5, 0.6) is 0 Å². The number of aryl methyl sites for hydroxylation is 2. The standard InChI is InChI=1S/C14H19N5/c1-11-8-15-14(19-6-4-3-5-7-19)17-13(11)12-9-16-18(2)10-12/h8-10H,3-7H2,1-2H3. The fourth-order valence-electron chi connectivity index (χ4n) is 2.51. The van der Waals surface area contributed by atoms with Crippen LogP contribution >= 0.6 is 0 Å². The molecular weight excluding hydrogens is 238 g/mol. The molecule has 0 spiro atoms. The lowest BCUT2D eigenvalue weighted by Gasteiger charge is -2.26.